The average Bonchev–Trinajstić information content (AvgIpc) is 2.98. The normalized spacial score (nSPS) is 11.1. The summed E-state index contributed by atoms with van der Waals surface area (Å²) >= 11 is 0. The van der Waals surface area contributed by atoms with E-state index in [0.29, 0.717) is 23.7 Å². The third kappa shape index (κ3) is 7.35. The van der Waals surface area contributed by atoms with Crippen LogP contribution in [-0.4, -0.2) is 62.1 Å². The molecule has 0 unspecified atom stereocenters. The van der Waals surface area contributed by atoms with Gasteiger partial charge in [0.25, 0.3) is 15.9 Å². The van der Waals surface area contributed by atoms with Crippen LogP contribution in [0.3, 0.4) is 0 Å². The Bertz CT molecular complexity index is 1430. The van der Waals surface area contributed by atoms with E-state index in [1.807, 2.05) is 6.92 Å². The first-order valence-corrected chi connectivity index (χ1v) is 13.7. The second-order valence-electron chi connectivity index (χ2n) is 8.28. The molecule has 0 aliphatic heterocycles. The van der Waals surface area contributed by atoms with Crippen molar-refractivity contribution in [2.75, 3.05) is 45.9 Å². The summed E-state index contributed by atoms with van der Waals surface area (Å²) in [7, 11) is 1.37. The maximum atomic E-state index is 13.9. The molecule has 3 rings (SSSR count). The van der Waals surface area contributed by atoms with Crippen LogP contribution in [0.4, 0.5) is 5.69 Å². The summed E-state index contributed by atoms with van der Waals surface area (Å²) in [4.78, 5) is 12.8. The summed E-state index contributed by atoms with van der Waals surface area (Å²) < 4.78 is 55.5. The maximum Gasteiger partial charge on any atom is 0.265 e. The molecular weight excluding hydrogens is 538 g/mol. The molecule has 40 heavy (non-hydrogen) atoms. The molecule has 1 amide bonds. The highest BCUT2D eigenvalue weighted by Gasteiger charge is 2.31. The topological polar surface area (TPSA) is 125 Å². The van der Waals surface area contributed by atoms with Gasteiger partial charge >= 0.3 is 0 Å². The summed E-state index contributed by atoms with van der Waals surface area (Å²) in [5, 5.41) is 3.98. The summed E-state index contributed by atoms with van der Waals surface area (Å²) in [5.41, 5.74) is 3.20. The zero-order valence-corrected chi connectivity index (χ0v) is 23.9. The summed E-state index contributed by atoms with van der Waals surface area (Å²) in [6.07, 6.45) is 2.34. The van der Waals surface area contributed by atoms with E-state index in [0.717, 1.165) is 16.5 Å². The molecule has 0 radical (unpaired) electrons. The molecule has 1 N–H and O–H groups in total. The van der Waals surface area contributed by atoms with Crippen molar-refractivity contribution >= 4 is 27.8 Å². The van der Waals surface area contributed by atoms with Gasteiger partial charge in [0.1, 0.15) is 23.8 Å². The van der Waals surface area contributed by atoms with Crippen molar-refractivity contribution in [1.29, 1.82) is 0 Å². The van der Waals surface area contributed by atoms with Crippen molar-refractivity contribution in [2.24, 2.45) is 5.10 Å². The smallest absolute Gasteiger partial charge is 0.265 e. The average molecular weight is 572 g/mol. The molecular formula is C28H33N3O8S. The molecule has 0 saturated carbocycles. The number of hydrogen-bond acceptors (Lipinski definition) is 9. The first-order valence-electron chi connectivity index (χ1n) is 12.3. The fourth-order valence-electron chi connectivity index (χ4n) is 3.61. The summed E-state index contributed by atoms with van der Waals surface area (Å²) in [6, 6.07) is 16.0. The number of methoxy groups -OCH3 is 4. The van der Waals surface area contributed by atoms with E-state index >= 15 is 0 Å². The molecule has 3 aromatic rings. The molecule has 12 heteroatoms. The van der Waals surface area contributed by atoms with Crippen molar-refractivity contribution in [2.45, 2.75) is 18.2 Å². The van der Waals surface area contributed by atoms with Gasteiger partial charge in [0.05, 0.1) is 51.8 Å². The largest absolute Gasteiger partial charge is 0.497 e. The summed E-state index contributed by atoms with van der Waals surface area (Å²) in [6.45, 7) is 2.03. The van der Waals surface area contributed by atoms with Gasteiger partial charge in [-0.2, -0.15) is 5.10 Å². The third-order valence-corrected chi connectivity index (χ3v) is 7.40. The van der Waals surface area contributed by atoms with Crippen LogP contribution in [0.2, 0.25) is 0 Å². The van der Waals surface area contributed by atoms with E-state index < -0.39 is 22.5 Å². The number of nitrogens with zero attached hydrogens (tertiary/aromatic N) is 2. The van der Waals surface area contributed by atoms with Crippen molar-refractivity contribution in [3.8, 4) is 28.7 Å². The van der Waals surface area contributed by atoms with Gasteiger partial charge in [-0.25, -0.2) is 13.8 Å². The zero-order chi connectivity index (χ0) is 29.1. The van der Waals surface area contributed by atoms with Gasteiger partial charge in [-0.15, -0.1) is 0 Å². The van der Waals surface area contributed by atoms with Crippen LogP contribution in [0, 0.1) is 0 Å². The molecule has 214 valence electrons. The van der Waals surface area contributed by atoms with E-state index in [1.54, 1.807) is 36.4 Å². The lowest BCUT2D eigenvalue weighted by Gasteiger charge is -2.26. The molecule has 3 aromatic carbocycles. The predicted molar refractivity (Wildman–Crippen MR) is 152 cm³/mol. The van der Waals surface area contributed by atoms with Crippen molar-refractivity contribution in [3.63, 3.8) is 0 Å². The van der Waals surface area contributed by atoms with Gasteiger partial charge < -0.3 is 23.7 Å². The third-order valence-electron chi connectivity index (χ3n) is 5.64. The zero-order valence-electron chi connectivity index (χ0n) is 23.0. The highest BCUT2D eigenvalue weighted by molar-refractivity contribution is 7.92. The van der Waals surface area contributed by atoms with Crippen LogP contribution in [0.15, 0.2) is 70.7 Å². The predicted octanol–water partition coefficient (Wildman–Crippen LogP) is 3.86. The first-order chi connectivity index (χ1) is 19.3. The lowest BCUT2D eigenvalue weighted by atomic mass is 10.2. The van der Waals surface area contributed by atoms with Gasteiger partial charge in [0.2, 0.25) is 0 Å². The van der Waals surface area contributed by atoms with Crippen LogP contribution >= 0.6 is 0 Å². The lowest BCUT2D eigenvalue weighted by molar-refractivity contribution is -0.119. The lowest BCUT2D eigenvalue weighted by Crippen LogP contribution is -2.39. The second kappa shape index (κ2) is 14.1. The standard InChI is InChI=1S/C28H33N3O8S/c1-6-15-39-21-9-7-20(8-10-21)18-29-30-28(32)19-31(24-16-22(35-2)11-13-25(24)36-3)40(33,34)23-12-14-26(37-4)27(17-23)38-5/h7-14,16-18H,6,15,19H2,1-5H3,(H,30,32)/b29-18-. The number of anilines is 1. The minimum Gasteiger partial charge on any atom is -0.497 e. The molecule has 11 nitrogen and oxygen atoms in total. The fraction of sp³-hybridized carbons (Fsp3) is 0.286. The van der Waals surface area contributed by atoms with E-state index in [-0.39, 0.29) is 22.1 Å². The fourth-order valence-corrected chi connectivity index (χ4v) is 5.05. The van der Waals surface area contributed by atoms with E-state index in [2.05, 4.69) is 10.5 Å². The number of benzene rings is 3. The molecule has 0 aliphatic carbocycles. The molecule has 0 spiro atoms. The quantitative estimate of drug-likeness (QED) is 0.229. The van der Waals surface area contributed by atoms with Crippen molar-refractivity contribution < 1.29 is 36.9 Å². The van der Waals surface area contributed by atoms with Crippen molar-refractivity contribution in [3.05, 3.63) is 66.2 Å². The Kier molecular flexibility index (Phi) is 10.6. The number of amides is 1. The Labute approximate surface area is 234 Å². The van der Waals surface area contributed by atoms with Gasteiger partial charge in [0.15, 0.2) is 11.5 Å². The first kappa shape index (κ1) is 30.1. The van der Waals surface area contributed by atoms with E-state index in [9.17, 15) is 13.2 Å². The van der Waals surface area contributed by atoms with Gasteiger partial charge in [0, 0.05) is 12.1 Å². The Morgan fingerprint density at radius 2 is 1.50 bits per heavy atom. The molecule has 0 aliphatic rings. The molecule has 0 saturated heterocycles. The number of nitrogens with one attached hydrogen (secondary N) is 1. The molecule has 0 heterocycles. The molecule has 0 fully saturated rings. The van der Waals surface area contributed by atoms with Gasteiger partial charge in [-0.3, -0.25) is 9.10 Å². The monoisotopic (exact) mass is 571 g/mol. The number of sulfonamides is 1. The van der Waals surface area contributed by atoms with Crippen LogP contribution in [0.25, 0.3) is 0 Å². The molecule has 0 atom stereocenters. The Balaban J connectivity index is 1.92. The van der Waals surface area contributed by atoms with Crippen LogP contribution in [0.1, 0.15) is 18.9 Å². The Hall–Kier alpha value is -4.45. The van der Waals surface area contributed by atoms with Crippen LogP contribution < -0.4 is 33.4 Å². The molecule has 0 aromatic heterocycles. The molecule has 0 bridgehead atoms. The van der Waals surface area contributed by atoms with Crippen LogP contribution in [0.5, 0.6) is 28.7 Å². The number of rotatable bonds is 14. The Morgan fingerprint density at radius 1 is 0.850 bits per heavy atom. The SMILES string of the molecule is CCCOc1ccc(/C=N\NC(=O)CN(c2cc(OC)ccc2OC)S(=O)(=O)c2ccc(OC)c(OC)c2)cc1. The number of hydrazone groups is 1. The number of ether oxygens (including phenoxy) is 5. The van der Waals surface area contributed by atoms with Gasteiger partial charge in [-0.05, 0) is 60.5 Å². The minimum atomic E-state index is -4.32. The summed E-state index contributed by atoms with van der Waals surface area (Å²) in [5.74, 6) is 1.18. The maximum absolute atomic E-state index is 13.9. The van der Waals surface area contributed by atoms with Crippen molar-refractivity contribution in [1.82, 2.24) is 5.43 Å². The minimum absolute atomic E-state index is 0.0958. The Morgan fingerprint density at radius 3 is 2.12 bits per heavy atom. The number of carbonyl (C=O) groups excluding carboxylic acids is 1. The van der Waals surface area contributed by atoms with E-state index in [4.69, 9.17) is 23.7 Å². The highest BCUT2D eigenvalue weighted by Crippen LogP contribution is 2.37. The highest BCUT2D eigenvalue weighted by atomic mass is 32.2. The van der Waals surface area contributed by atoms with Crippen LogP contribution in [-0.2, 0) is 14.8 Å². The number of carbonyl (C=O) groups is 1. The number of hydrogen-bond donors (Lipinski definition) is 1. The second-order valence-corrected chi connectivity index (χ2v) is 10.1. The van der Waals surface area contributed by atoms with Gasteiger partial charge in [-0.1, -0.05) is 6.92 Å². The van der Waals surface area contributed by atoms with E-state index in [1.165, 1.54) is 58.9 Å².